The van der Waals surface area contributed by atoms with Gasteiger partial charge in [-0.15, -0.1) is 0 Å². The number of rotatable bonds is 6. The average Bonchev–Trinajstić information content (AvgIpc) is 2.66. The third kappa shape index (κ3) is 4.31. The molecule has 0 saturated heterocycles. The second-order valence-corrected chi connectivity index (χ2v) is 8.03. The number of nitrogens with one attached hydrogen (secondary N) is 1. The highest BCUT2D eigenvalue weighted by molar-refractivity contribution is 5.89. The van der Waals surface area contributed by atoms with Gasteiger partial charge in [-0.25, -0.2) is 0 Å². The van der Waals surface area contributed by atoms with Crippen molar-refractivity contribution in [2.24, 2.45) is 5.10 Å². The van der Waals surface area contributed by atoms with Crippen LogP contribution >= 0.6 is 0 Å². The lowest BCUT2D eigenvalue weighted by molar-refractivity contribution is -0.384. The summed E-state index contributed by atoms with van der Waals surface area (Å²) in [5, 5.41) is 15.1. The van der Waals surface area contributed by atoms with E-state index < -0.39 is 4.92 Å². The third-order valence-corrected chi connectivity index (χ3v) is 5.29. The Labute approximate surface area is 172 Å². The van der Waals surface area contributed by atoms with E-state index in [4.69, 9.17) is 0 Å². The maximum absolute atomic E-state index is 10.7. The number of allylic oxidation sites excluding steroid dienone is 1. The predicted octanol–water partition coefficient (Wildman–Crippen LogP) is 5.76. The Hall–Kier alpha value is -3.15. The van der Waals surface area contributed by atoms with Crippen molar-refractivity contribution < 1.29 is 4.92 Å². The summed E-state index contributed by atoms with van der Waals surface area (Å²) in [5.74, 6) is 0. The molecule has 0 bridgehead atoms. The van der Waals surface area contributed by atoms with E-state index in [1.54, 1.807) is 18.3 Å². The molecule has 1 heterocycles. The van der Waals surface area contributed by atoms with Crippen molar-refractivity contribution in [2.75, 3.05) is 16.9 Å². The topological polar surface area (TPSA) is 70.8 Å². The van der Waals surface area contributed by atoms with E-state index in [1.807, 2.05) is 0 Å². The number of hydrogen-bond donors (Lipinski definition) is 1. The molecule has 0 fully saturated rings. The molecule has 3 rings (SSSR count). The molecule has 2 aromatic carbocycles. The number of fused-ring (bicyclic) bond motifs is 1. The number of aryl methyl sites for hydroxylation is 1. The Balaban J connectivity index is 1.85. The fourth-order valence-electron chi connectivity index (χ4n) is 3.85. The van der Waals surface area contributed by atoms with Crippen molar-refractivity contribution in [3.63, 3.8) is 0 Å². The van der Waals surface area contributed by atoms with Gasteiger partial charge in [0, 0.05) is 29.9 Å². The Morgan fingerprint density at radius 1 is 1.21 bits per heavy atom. The molecule has 6 heteroatoms. The molecule has 0 aromatic heterocycles. The Bertz CT molecular complexity index is 975. The van der Waals surface area contributed by atoms with Crippen LogP contribution in [0.15, 0.2) is 47.6 Å². The van der Waals surface area contributed by atoms with Gasteiger partial charge in [-0.2, -0.15) is 5.10 Å². The lowest BCUT2D eigenvalue weighted by Crippen LogP contribution is -2.45. The number of nitro benzene ring substituents is 1. The van der Waals surface area contributed by atoms with E-state index in [-0.39, 0.29) is 11.2 Å². The average molecular weight is 393 g/mol. The summed E-state index contributed by atoms with van der Waals surface area (Å²) in [7, 11) is 0. The Morgan fingerprint density at radius 3 is 2.52 bits per heavy atom. The largest absolute Gasteiger partial charge is 0.362 e. The van der Waals surface area contributed by atoms with Gasteiger partial charge in [-0.3, -0.25) is 15.5 Å². The molecule has 0 atom stereocenters. The molecular formula is C23H28N4O2. The first kappa shape index (κ1) is 20.6. The second-order valence-electron chi connectivity index (χ2n) is 8.03. The first-order valence-electron chi connectivity index (χ1n) is 9.88. The summed E-state index contributed by atoms with van der Waals surface area (Å²) in [6.45, 7) is 12.0. The van der Waals surface area contributed by atoms with Gasteiger partial charge in [-0.1, -0.05) is 13.0 Å². The molecule has 0 spiro atoms. The molecule has 29 heavy (non-hydrogen) atoms. The van der Waals surface area contributed by atoms with Gasteiger partial charge in [-0.05, 0) is 75.1 Å². The van der Waals surface area contributed by atoms with Gasteiger partial charge in [0.05, 0.1) is 22.4 Å². The molecule has 152 valence electrons. The Kier molecular flexibility index (Phi) is 5.73. The van der Waals surface area contributed by atoms with Gasteiger partial charge in [0.15, 0.2) is 0 Å². The molecule has 0 aliphatic carbocycles. The summed E-state index contributed by atoms with van der Waals surface area (Å²) in [4.78, 5) is 12.8. The Morgan fingerprint density at radius 2 is 1.90 bits per heavy atom. The fourth-order valence-corrected chi connectivity index (χ4v) is 3.85. The highest BCUT2D eigenvalue weighted by atomic mass is 16.6. The quantitative estimate of drug-likeness (QED) is 0.385. The van der Waals surface area contributed by atoms with Crippen LogP contribution in [0.3, 0.4) is 0 Å². The van der Waals surface area contributed by atoms with Crippen molar-refractivity contribution in [3.05, 3.63) is 69.3 Å². The number of non-ortho nitro benzene ring substituents is 1. The highest BCUT2D eigenvalue weighted by Crippen LogP contribution is 2.40. The summed E-state index contributed by atoms with van der Waals surface area (Å²) < 4.78 is 0. The van der Waals surface area contributed by atoms with Crippen molar-refractivity contribution in [1.29, 1.82) is 0 Å². The van der Waals surface area contributed by atoms with E-state index in [2.05, 4.69) is 68.3 Å². The molecule has 0 radical (unpaired) electrons. The monoisotopic (exact) mass is 392 g/mol. The summed E-state index contributed by atoms with van der Waals surface area (Å²) in [5.41, 5.74) is 9.68. The number of hydrogen-bond acceptors (Lipinski definition) is 5. The zero-order valence-corrected chi connectivity index (χ0v) is 17.7. The molecule has 0 saturated carbocycles. The number of hydrazone groups is 1. The van der Waals surface area contributed by atoms with Crippen LogP contribution < -0.4 is 10.3 Å². The minimum atomic E-state index is -0.414. The van der Waals surface area contributed by atoms with Gasteiger partial charge >= 0.3 is 0 Å². The van der Waals surface area contributed by atoms with Gasteiger partial charge in [0.25, 0.3) is 5.69 Å². The molecule has 0 amide bonds. The molecular weight excluding hydrogens is 364 g/mol. The smallest absolute Gasteiger partial charge is 0.269 e. The fraction of sp³-hybridized carbons (Fsp3) is 0.348. The van der Waals surface area contributed by atoms with Crippen molar-refractivity contribution in [2.45, 2.75) is 46.6 Å². The second kappa shape index (κ2) is 8.07. The van der Waals surface area contributed by atoms with Gasteiger partial charge in [0.1, 0.15) is 0 Å². The van der Waals surface area contributed by atoms with Crippen LogP contribution in [0.25, 0.3) is 5.57 Å². The maximum atomic E-state index is 10.7. The SMILES string of the molecule is CCCN1c2cc(C)c(/C=N\Nc3ccc([N+](=O)[O-])cc3)cc2C(C)=CC1(C)C. The molecule has 1 N–H and O–H groups in total. The van der Waals surface area contributed by atoms with Crippen molar-refractivity contribution in [1.82, 2.24) is 0 Å². The van der Waals surface area contributed by atoms with Gasteiger partial charge in [0.2, 0.25) is 0 Å². The highest BCUT2D eigenvalue weighted by Gasteiger charge is 2.31. The van der Waals surface area contributed by atoms with E-state index in [1.165, 1.54) is 29.0 Å². The van der Waals surface area contributed by atoms with E-state index in [0.29, 0.717) is 5.69 Å². The molecule has 2 aromatic rings. The minimum absolute atomic E-state index is 0.00733. The number of benzene rings is 2. The lowest BCUT2D eigenvalue weighted by Gasteiger charge is -2.43. The zero-order valence-electron chi connectivity index (χ0n) is 17.7. The van der Waals surface area contributed by atoms with Crippen molar-refractivity contribution in [3.8, 4) is 0 Å². The minimum Gasteiger partial charge on any atom is -0.362 e. The van der Waals surface area contributed by atoms with E-state index >= 15 is 0 Å². The van der Waals surface area contributed by atoms with Crippen LogP contribution in [-0.2, 0) is 0 Å². The van der Waals surface area contributed by atoms with Crippen LogP contribution in [0.2, 0.25) is 0 Å². The van der Waals surface area contributed by atoms with E-state index in [9.17, 15) is 10.1 Å². The lowest BCUT2D eigenvalue weighted by atomic mass is 9.87. The van der Waals surface area contributed by atoms with Crippen LogP contribution in [0.1, 0.15) is 50.8 Å². The summed E-state index contributed by atoms with van der Waals surface area (Å²) >= 11 is 0. The van der Waals surface area contributed by atoms with Gasteiger partial charge < -0.3 is 4.90 Å². The predicted molar refractivity (Wildman–Crippen MR) is 121 cm³/mol. The molecule has 0 unspecified atom stereocenters. The molecule has 1 aliphatic rings. The standard InChI is InChI=1S/C23H28N4O2/c1-6-11-26-22-12-16(2)18(13-21(22)17(3)14-23(26,4)5)15-24-25-19-7-9-20(10-8-19)27(28)29/h7-10,12-15,25H,6,11H2,1-5H3/b24-15-. The number of nitrogens with zero attached hydrogens (tertiary/aromatic N) is 3. The van der Waals surface area contributed by atoms with Crippen LogP contribution in [0.4, 0.5) is 17.1 Å². The number of anilines is 2. The van der Waals surface area contributed by atoms with Crippen molar-refractivity contribution >= 4 is 28.8 Å². The molecule has 1 aliphatic heterocycles. The normalized spacial score (nSPS) is 15.2. The van der Waals surface area contributed by atoms with Crippen LogP contribution in [-0.4, -0.2) is 23.2 Å². The van der Waals surface area contributed by atoms with Crippen LogP contribution in [0.5, 0.6) is 0 Å². The third-order valence-electron chi connectivity index (χ3n) is 5.29. The number of nitro groups is 1. The summed E-state index contributed by atoms with van der Waals surface area (Å²) in [6, 6.07) is 10.6. The first-order valence-corrected chi connectivity index (χ1v) is 9.88. The van der Waals surface area contributed by atoms with E-state index in [0.717, 1.165) is 24.1 Å². The first-order chi connectivity index (χ1) is 13.7. The maximum Gasteiger partial charge on any atom is 0.269 e. The zero-order chi connectivity index (χ0) is 21.2. The molecule has 6 nitrogen and oxygen atoms in total. The van der Waals surface area contributed by atoms with Crippen LogP contribution in [0, 0.1) is 17.0 Å². The summed E-state index contributed by atoms with van der Waals surface area (Å²) in [6.07, 6.45) is 5.22.